The zero-order valence-corrected chi connectivity index (χ0v) is 18.8. The summed E-state index contributed by atoms with van der Waals surface area (Å²) in [5.41, 5.74) is 3.14. The monoisotopic (exact) mass is 463 g/mol. The number of benzene rings is 3. The van der Waals surface area contributed by atoms with Crippen LogP contribution in [0.4, 0.5) is 5.69 Å². The number of amides is 1. The van der Waals surface area contributed by atoms with Gasteiger partial charge in [0.25, 0.3) is 5.91 Å². The quantitative estimate of drug-likeness (QED) is 0.348. The van der Waals surface area contributed by atoms with Crippen LogP contribution in [0.15, 0.2) is 104 Å². The summed E-state index contributed by atoms with van der Waals surface area (Å²) in [6.07, 6.45) is 6.35. The molecule has 2 aromatic heterocycles. The molecule has 1 amide bonds. The minimum Gasteiger partial charge on any atom is -0.497 e. The van der Waals surface area contributed by atoms with E-state index in [0.717, 1.165) is 11.3 Å². The van der Waals surface area contributed by atoms with Gasteiger partial charge in [0.2, 0.25) is 5.88 Å². The standard InChI is InChI=1S/C27H21N5O3/c1-34-22-11-5-7-19(15-22)26-24(18-32(31-26)21-9-3-2-4-10-21)27(33)30-20-8-6-12-23(16-20)35-25-17-28-13-14-29-25/h2-18H,1H3,(H,30,33). The summed E-state index contributed by atoms with van der Waals surface area (Å²) in [4.78, 5) is 21.5. The van der Waals surface area contributed by atoms with Crippen molar-refractivity contribution in [1.29, 1.82) is 0 Å². The zero-order chi connectivity index (χ0) is 24.0. The van der Waals surface area contributed by atoms with Gasteiger partial charge in [-0.2, -0.15) is 5.10 Å². The minimum absolute atomic E-state index is 0.304. The third-order valence-corrected chi connectivity index (χ3v) is 5.18. The van der Waals surface area contributed by atoms with Gasteiger partial charge in [-0.25, -0.2) is 9.67 Å². The fraction of sp³-hybridized carbons (Fsp3) is 0.0370. The second-order valence-electron chi connectivity index (χ2n) is 7.53. The van der Waals surface area contributed by atoms with Crippen molar-refractivity contribution in [3.05, 3.63) is 109 Å². The summed E-state index contributed by atoms with van der Waals surface area (Å²) in [6, 6.07) is 24.2. The number of anilines is 1. The minimum atomic E-state index is -0.304. The average Bonchev–Trinajstić information content (AvgIpc) is 3.36. The number of hydrogen-bond donors (Lipinski definition) is 1. The van der Waals surface area contributed by atoms with Gasteiger partial charge in [-0.15, -0.1) is 0 Å². The number of nitrogens with zero attached hydrogens (tertiary/aromatic N) is 4. The Hall–Kier alpha value is -4.98. The van der Waals surface area contributed by atoms with Crippen LogP contribution in [0.5, 0.6) is 17.4 Å². The summed E-state index contributed by atoms with van der Waals surface area (Å²) in [7, 11) is 1.60. The molecule has 0 unspecified atom stereocenters. The Morgan fingerprint density at radius 1 is 0.914 bits per heavy atom. The maximum atomic E-state index is 13.4. The van der Waals surface area contributed by atoms with Crippen molar-refractivity contribution in [2.45, 2.75) is 0 Å². The lowest BCUT2D eigenvalue weighted by molar-refractivity contribution is 0.102. The first-order valence-electron chi connectivity index (χ1n) is 10.8. The van der Waals surface area contributed by atoms with E-state index in [0.29, 0.717) is 34.3 Å². The number of methoxy groups -OCH3 is 1. The van der Waals surface area contributed by atoms with Gasteiger partial charge in [0.05, 0.1) is 24.6 Å². The van der Waals surface area contributed by atoms with Crippen molar-refractivity contribution in [2.24, 2.45) is 0 Å². The van der Waals surface area contributed by atoms with E-state index >= 15 is 0 Å². The highest BCUT2D eigenvalue weighted by Gasteiger charge is 2.19. The van der Waals surface area contributed by atoms with E-state index in [1.807, 2.05) is 54.6 Å². The Balaban J connectivity index is 1.47. The maximum Gasteiger partial charge on any atom is 0.259 e. The van der Waals surface area contributed by atoms with Crippen LogP contribution in [0.3, 0.4) is 0 Å². The third kappa shape index (κ3) is 5.01. The number of rotatable bonds is 7. The lowest BCUT2D eigenvalue weighted by Crippen LogP contribution is -2.12. The number of para-hydroxylation sites is 1. The maximum absolute atomic E-state index is 13.4. The van der Waals surface area contributed by atoms with Crippen molar-refractivity contribution < 1.29 is 14.3 Å². The van der Waals surface area contributed by atoms with Crippen LogP contribution in [-0.4, -0.2) is 32.8 Å². The number of nitrogens with one attached hydrogen (secondary N) is 1. The Bertz CT molecular complexity index is 1450. The molecule has 5 rings (SSSR count). The molecule has 2 heterocycles. The SMILES string of the molecule is COc1cccc(-c2nn(-c3ccccc3)cc2C(=O)Nc2cccc(Oc3cnccn3)c2)c1. The van der Waals surface area contributed by atoms with Gasteiger partial charge in [0.15, 0.2) is 0 Å². The van der Waals surface area contributed by atoms with Crippen LogP contribution in [0, 0.1) is 0 Å². The van der Waals surface area contributed by atoms with Crippen molar-refractivity contribution in [2.75, 3.05) is 12.4 Å². The van der Waals surface area contributed by atoms with Crippen molar-refractivity contribution in [1.82, 2.24) is 19.7 Å². The molecule has 172 valence electrons. The molecule has 0 saturated heterocycles. The van der Waals surface area contributed by atoms with E-state index in [9.17, 15) is 4.79 Å². The van der Waals surface area contributed by atoms with Gasteiger partial charge < -0.3 is 14.8 Å². The molecule has 0 aliphatic carbocycles. The molecule has 8 heteroatoms. The number of ether oxygens (including phenoxy) is 2. The first-order chi connectivity index (χ1) is 17.2. The highest BCUT2D eigenvalue weighted by molar-refractivity contribution is 6.08. The number of carbonyl (C=O) groups excluding carboxylic acids is 1. The van der Waals surface area contributed by atoms with Crippen molar-refractivity contribution in [3.63, 3.8) is 0 Å². The molecule has 0 aliphatic heterocycles. The fourth-order valence-corrected chi connectivity index (χ4v) is 3.53. The molecule has 8 nitrogen and oxygen atoms in total. The molecular weight excluding hydrogens is 442 g/mol. The molecule has 0 aliphatic rings. The zero-order valence-electron chi connectivity index (χ0n) is 18.8. The van der Waals surface area contributed by atoms with Gasteiger partial charge in [-0.3, -0.25) is 9.78 Å². The van der Waals surface area contributed by atoms with Crippen LogP contribution in [0.1, 0.15) is 10.4 Å². The van der Waals surface area contributed by atoms with Crippen LogP contribution < -0.4 is 14.8 Å². The number of carbonyl (C=O) groups is 1. The molecule has 0 fully saturated rings. The highest BCUT2D eigenvalue weighted by Crippen LogP contribution is 2.28. The molecule has 0 atom stereocenters. The number of aromatic nitrogens is 4. The Kier molecular flexibility index (Phi) is 6.17. The van der Waals surface area contributed by atoms with Gasteiger partial charge >= 0.3 is 0 Å². The highest BCUT2D eigenvalue weighted by atomic mass is 16.5. The van der Waals surface area contributed by atoms with Crippen molar-refractivity contribution in [3.8, 4) is 34.3 Å². The normalized spacial score (nSPS) is 10.5. The lowest BCUT2D eigenvalue weighted by atomic mass is 10.1. The summed E-state index contributed by atoms with van der Waals surface area (Å²) in [5, 5.41) is 7.67. The van der Waals surface area contributed by atoms with Gasteiger partial charge in [0.1, 0.15) is 17.2 Å². The second-order valence-corrected chi connectivity index (χ2v) is 7.53. The third-order valence-electron chi connectivity index (χ3n) is 5.18. The van der Waals surface area contributed by atoms with E-state index in [-0.39, 0.29) is 5.91 Å². The largest absolute Gasteiger partial charge is 0.497 e. The Labute approximate surface area is 201 Å². The summed E-state index contributed by atoms with van der Waals surface area (Å²) in [6.45, 7) is 0. The first-order valence-corrected chi connectivity index (χ1v) is 10.8. The van der Waals surface area contributed by atoms with Gasteiger partial charge in [0, 0.05) is 35.9 Å². The van der Waals surface area contributed by atoms with E-state index in [2.05, 4.69) is 15.3 Å². The average molecular weight is 463 g/mol. The number of hydrogen-bond acceptors (Lipinski definition) is 6. The molecule has 3 aromatic carbocycles. The lowest BCUT2D eigenvalue weighted by Gasteiger charge is -2.09. The molecule has 5 aromatic rings. The van der Waals surface area contributed by atoms with Gasteiger partial charge in [-0.1, -0.05) is 36.4 Å². The van der Waals surface area contributed by atoms with E-state index in [1.165, 1.54) is 6.20 Å². The molecule has 0 bridgehead atoms. The predicted octanol–water partition coefficient (Wildman–Crippen LogP) is 5.38. The molecule has 1 N–H and O–H groups in total. The summed E-state index contributed by atoms with van der Waals surface area (Å²) in [5.74, 6) is 1.26. The van der Waals surface area contributed by atoms with E-state index < -0.39 is 0 Å². The molecule has 0 saturated carbocycles. The van der Waals surface area contributed by atoms with Gasteiger partial charge in [-0.05, 0) is 36.4 Å². The topological polar surface area (TPSA) is 91.2 Å². The molecule has 0 radical (unpaired) electrons. The van der Waals surface area contributed by atoms with Crippen LogP contribution in [0.25, 0.3) is 16.9 Å². The smallest absolute Gasteiger partial charge is 0.259 e. The predicted molar refractivity (Wildman–Crippen MR) is 132 cm³/mol. The van der Waals surface area contributed by atoms with Crippen LogP contribution in [-0.2, 0) is 0 Å². The van der Waals surface area contributed by atoms with E-state index in [1.54, 1.807) is 54.6 Å². The second kappa shape index (κ2) is 9.88. The Morgan fingerprint density at radius 3 is 2.54 bits per heavy atom. The van der Waals surface area contributed by atoms with Crippen LogP contribution >= 0.6 is 0 Å². The summed E-state index contributed by atoms with van der Waals surface area (Å²) >= 11 is 0. The fourth-order valence-electron chi connectivity index (χ4n) is 3.53. The molecule has 0 spiro atoms. The molecule has 35 heavy (non-hydrogen) atoms. The first kappa shape index (κ1) is 21.8. The van der Waals surface area contributed by atoms with Crippen molar-refractivity contribution >= 4 is 11.6 Å². The Morgan fingerprint density at radius 2 is 1.74 bits per heavy atom. The molecular formula is C27H21N5O3. The van der Waals surface area contributed by atoms with Crippen LogP contribution in [0.2, 0.25) is 0 Å². The van der Waals surface area contributed by atoms with E-state index in [4.69, 9.17) is 14.6 Å². The summed E-state index contributed by atoms with van der Waals surface area (Å²) < 4.78 is 12.8.